The molecule has 1 saturated carbocycles. The standard InChI is InChI=1S/C14H20O2/c1-3-10(2)11-4-6-13(7-5-11)16-14-8-12(15)9-14/h4-7,10,12,14-15H,3,8-9H2,1-2H3. The largest absolute Gasteiger partial charge is 0.490 e. The molecule has 2 rings (SSSR count). The monoisotopic (exact) mass is 220 g/mol. The molecule has 1 aliphatic carbocycles. The first-order chi connectivity index (χ1) is 7.69. The fourth-order valence-electron chi connectivity index (χ4n) is 1.94. The van der Waals surface area contributed by atoms with E-state index in [4.69, 9.17) is 9.84 Å². The zero-order chi connectivity index (χ0) is 11.5. The van der Waals surface area contributed by atoms with Crippen LogP contribution in [-0.4, -0.2) is 17.3 Å². The lowest BCUT2D eigenvalue weighted by Gasteiger charge is -2.31. The average Bonchev–Trinajstić information content (AvgIpc) is 2.27. The van der Waals surface area contributed by atoms with Crippen LogP contribution in [0, 0.1) is 0 Å². The Balaban J connectivity index is 1.92. The van der Waals surface area contributed by atoms with Crippen molar-refractivity contribution in [2.75, 3.05) is 0 Å². The number of hydrogen-bond acceptors (Lipinski definition) is 2. The maximum Gasteiger partial charge on any atom is 0.119 e. The number of rotatable bonds is 4. The molecule has 0 saturated heterocycles. The minimum atomic E-state index is -0.149. The predicted octanol–water partition coefficient (Wildman–Crippen LogP) is 3.10. The molecular weight excluding hydrogens is 200 g/mol. The fourth-order valence-corrected chi connectivity index (χ4v) is 1.94. The van der Waals surface area contributed by atoms with Gasteiger partial charge in [-0.1, -0.05) is 26.0 Å². The lowest BCUT2D eigenvalue weighted by Crippen LogP contribution is -2.37. The van der Waals surface area contributed by atoms with E-state index >= 15 is 0 Å². The quantitative estimate of drug-likeness (QED) is 0.844. The molecule has 0 aliphatic heterocycles. The first kappa shape index (κ1) is 11.5. The molecule has 2 nitrogen and oxygen atoms in total. The van der Waals surface area contributed by atoms with Gasteiger partial charge in [0.25, 0.3) is 0 Å². The molecule has 1 fully saturated rings. The third kappa shape index (κ3) is 2.56. The predicted molar refractivity (Wildman–Crippen MR) is 64.8 cm³/mol. The third-order valence-corrected chi connectivity index (χ3v) is 3.43. The summed E-state index contributed by atoms with van der Waals surface area (Å²) in [6, 6.07) is 8.34. The van der Waals surface area contributed by atoms with Crippen molar-refractivity contribution in [2.24, 2.45) is 0 Å². The van der Waals surface area contributed by atoms with Crippen molar-refractivity contribution in [3.8, 4) is 5.75 Å². The van der Waals surface area contributed by atoms with Crippen LogP contribution in [0.25, 0.3) is 0 Å². The maximum atomic E-state index is 9.17. The first-order valence-corrected chi connectivity index (χ1v) is 6.13. The summed E-state index contributed by atoms with van der Waals surface area (Å²) in [5.74, 6) is 1.53. The van der Waals surface area contributed by atoms with Crippen molar-refractivity contribution >= 4 is 0 Å². The Morgan fingerprint density at radius 2 is 1.94 bits per heavy atom. The van der Waals surface area contributed by atoms with E-state index in [1.54, 1.807) is 0 Å². The summed E-state index contributed by atoms with van der Waals surface area (Å²) in [5.41, 5.74) is 1.36. The van der Waals surface area contributed by atoms with Crippen molar-refractivity contribution < 1.29 is 9.84 Å². The molecule has 1 unspecified atom stereocenters. The van der Waals surface area contributed by atoms with Gasteiger partial charge in [0.1, 0.15) is 11.9 Å². The molecule has 0 amide bonds. The fraction of sp³-hybridized carbons (Fsp3) is 0.571. The van der Waals surface area contributed by atoms with Gasteiger partial charge in [-0.2, -0.15) is 0 Å². The van der Waals surface area contributed by atoms with Crippen LogP contribution < -0.4 is 4.74 Å². The smallest absolute Gasteiger partial charge is 0.119 e. The lowest BCUT2D eigenvalue weighted by molar-refractivity contribution is -0.0107. The van der Waals surface area contributed by atoms with Gasteiger partial charge in [0.05, 0.1) is 6.10 Å². The molecule has 2 heteroatoms. The lowest BCUT2D eigenvalue weighted by atomic mass is 9.92. The van der Waals surface area contributed by atoms with Crippen molar-refractivity contribution in [3.05, 3.63) is 29.8 Å². The van der Waals surface area contributed by atoms with Gasteiger partial charge in [0, 0.05) is 12.8 Å². The summed E-state index contributed by atoms with van der Waals surface area (Å²) in [7, 11) is 0. The molecule has 1 aromatic carbocycles. The SMILES string of the molecule is CCC(C)c1ccc(OC2CC(O)C2)cc1. The van der Waals surface area contributed by atoms with Crippen LogP contribution in [0.15, 0.2) is 24.3 Å². The molecule has 16 heavy (non-hydrogen) atoms. The number of aliphatic hydroxyl groups excluding tert-OH is 1. The Kier molecular flexibility index (Phi) is 3.49. The average molecular weight is 220 g/mol. The highest BCUT2D eigenvalue weighted by Crippen LogP contribution is 2.27. The molecule has 0 aromatic heterocycles. The zero-order valence-electron chi connectivity index (χ0n) is 10.0. The van der Waals surface area contributed by atoms with Gasteiger partial charge >= 0.3 is 0 Å². The van der Waals surface area contributed by atoms with Gasteiger partial charge in [0.2, 0.25) is 0 Å². The second kappa shape index (κ2) is 4.88. The summed E-state index contributed by atoms with van der Waals surface area (Å²) < 4.78 is 5.73. The summed E-state index contributed by atoms with van der Waals surface area (Å²) in [6.07, 6.45) is 2.77. The van der Waals surface area contributed by atoms with Crippen molar-refractivity contribution in [1.82, 2.24) is 0 Å². The Hall–Kier alpha value is -1.02. The van der Waals surface area contributed by atoms with Crippen LogP contribution in [0.1, 0.15) is 44.6 Å². The zero-order valence-corrected chi connectivity index (χ0v) is 10.0. The van der Waals surface area contributed by atoms with Crippen molar-refractivity contribution in [3.63, 3.8) is 0 Å². The molecule has 1 atom stereocenters. The first-order valence-electron chi connectivity index (χ1n) is 6.13. The summed E-state index contributed by atoms with van der Waals surface area (Å²) in [6.45, 7) is 4.43. The highest BCUT2D eigenvalue weighted by molar-refractivity contribution is 5.29. The van der Waals surface area contributed by atoms with E-state index < -0.39 is 0 Å². The van der Waals surface area contributed by atoms with Crippen LogP contribution in [-0.2, 0) is 0 Å². The minimum absolute atomic E-state index is 0.149. The van der Waals surface area contributed by atoms with Gasteiger partial charge in [-0.3, -0.25) is 0 Å². The van der Waals surface area contributed by atoms with Gasteiger partial charge < -0.3 is 9.84 Å². The Bertz CT molecular complexity index is 325. The molecule has 0 heterocycles. The molecule has 0 spiro atoms. The van der Waals surface area contributed by atoms with E-state index in [1.165, 1.54) is 5.56 Å². The molecule has 0 bridgehead atoms. The van der Waals surface area contributed by atoms with Gasteiger partial charge in [-0.05, 0) is 30.0 Å². The van der Waals surface area contributed by atoms with Crippen LogP contribution in [0.5, 0.6) is 5.75 Å². The Morgan fingerprint density at radius 1 is 1.31 bits per heavy atom. The van der Waals surface area contributed by atoms with Gasteiger partial charge in [0.15, 0.2) is 0 Å². The second-order valence-corrected chi connectivity index (χ2v) is 4.74. The van der Waals surface area contributed by atoms with E-state index in [2.05, 4.69) is 26.0 Å². The van der Waals surface area contributed by atoms with Gasteiger partial charge in [-0.15, -0.1) is 0 Å². The van der Waals surface area contributed by atoms with Crippen LogP contribution in [0.3, 0.4) is 0 Å². The van der Waals surface area contributed by atoms with Crippen LogP contribution in [0.2, 0.25) is 0 Å². The summed E-state index contributed by atoms with van der Waals surface area (Å²) >= 11 is 0. The van der Waals surface area contributed by atoms with E-state index in [0.29, 0.717) is 5.92 Å². The Labute approximate surface area is 97.3 Å². The normalized spacial score (nSPS) is 25.9. The molecule has 1 aliphatic rings. The van der Waals surface area contributed by atoms with E-state index in [-0.39, 0.29) is 12.2 Å². The molecule has 0 radical (unpaired) electrons. The number of hydrogen-bond donors (Lipinski definition) is 1. The summed E-state index contributed by atoms with van der Waals surface area (Å²) in [5, 5.41) is 9.17. The molecule has 1 aromatic rings. The second-order valence-electron chi connectivity index (χ2n) is 4.74. The van der Waals surface area contributed by atoms with E-state index in [9.17, 15) is 0 Å². The third-order valence-electron chi connectivity index (χ3n) is 3.43. The molecule has 1 N–H and O–H groups in total. The highest BCUT2D eigenvalue weighted by atomic mass is 16.5. The number of ether oxygens (including phenoxy) is 1. The van der Waals surface area contributed by atoms with Crippen molar-refractivity contribution in [1.29, 1.82) is 0 Å². The summed E-state index contributed by atoms with van der Waals surface area (Å²) in [4.78, 5) is 0. The molecular formula is C14H20O2. The maximum absolute atomic E-state index is 9.17. The Morgan fingerprint density at radius 3 is 2.44 bits per heavy atom. The van der Waals surface area contributed by atoms with E-state index in [0.717, 1.165) is 25.0 Å². The van der Waals surface area contributed by atoms with Crippen LogP contribution >= 0.6 is 0 Å². The topological polar surface area (TPSA) is 29.5 Å². The van der Waals surface area contributed by atoms with Crippen LogP contribution in [0.4, 0.5) is 0 Å². The number of benzene rings is 1. The van der Waals surface area contributed by atoms with Crippen molar-refractivity contribution in [2.45, 2.75) is 51.2 Å². The van der Waals surface area contributed by atoms with Gasteiger partial charge in [-0.25, -0.2) is 0 Å². The molecule has 88 valence electrons. The van der Waals surface area contributed by atoms with E-state index in [1.807, 2.05) is 12.1 Å². The minimum Gasteiger partial charge on any atom is -0.490 e. The highest BCUT2D eigenvalue weighted by Gasteiger charge is 2.28. The number of aliphatic hydroxyl groups is 1.